The standard InChI is InChI=1S/C28H28Cl2N2O6/c1-18(27(35)31(16-4-5-26(33)34)20-7-11-22(37-2)12-8-20)32(21-9-13-23(38-3)14-10-21)28(36)24-15-6-19(29)17-25(24)30/h6-15,17-18H,4-5,16H2,1-3H3,(H,33,34). The van der Waals surface area contributed by atoms with Gasteiger partial charge in [0.15, 0.2) is 0 Å². The van der Waals surface area contributed by atoms with E-state index in [9.17, 15) is 14.4 Å². The number of aliphatic carboxylic acids is 1. The van der Waals surface area contributed by atoms with Gasteiger partial charge >= 0.3 is 5.97 Å². The topological polar surface area (TPSA) is 96.4 Å². The summed E-state index contributed by atoms with van der Waals surface area (Å²) in [6.45, 7) is 1.75. The molecule has 0 bridgehead atoms. The second-order valence-electron chi connectivity index (χ2n) is 8.36. The van der Waals surface area contributed by atoms with Gasteiger partial charge in [0, 0.05) is 29.4 Å². The lowest BCUT2D eigenvalue weighted by molar-refractivity contribution is -0.137. The molecule has 1 N–H and O–H groups in total. The Morgan fingerprint density at radius 3 is 1.92 bits per heavy atom. The van der Waals surface area contributed by atoms with E-state index in [0.717, 1.165) is 0 Å². The molecule has 0 aliphatic rings. The summed E-state index contributed by atoms with van der Waals surface area (Å²) in [6.07, 6.45) is 0.106. The lowest BCUT2D eigenvalue weighted by atomic mass is 10.1. The van der Waals surface area contributed by atoms with Gasteiger partial charge in [-0.3, -0.25) is 19.3 Å². The van der Waals surface area contributed by atoms with E-state index in [-0.39, 0.29) is 30.0 Å². The quantitative estimate of drug-likeness (QED) is 0.312. The Labute approximate surface area is 231 Å². The van der Waals surface area contributed by atoms with E-state index >= 15 is 0 Å². The van der Waals surface area contributed by atoms with E-state index in [1.54, 1.807) is 61.5 Å². The number of carboxylic acid groups (broad SMARTS) is 1. The molecule has 1 unspecified atom stereocenters. The highest BCUT2D eigenvalue weighted by atomic mass is 35.5. The van der Waals surface area contributed by atoms with E-state index < -0.39 is 23.8 Å². The molecule has 3 aromatic carbocycles. The van der Waals surface area contributed by atoms with E-state index in [2.05, 4.69) is 0 Å². The second kappa shape index (κ2) is 13.2. The van der Waals surface area contributed by atoms with Gasteiger partial charge in [-0.05, 0) is 80.1 Å². The van der Waals surface area contributed by atoms with Crippen LogP contribution in [0.5, 0.6) is 11.5 Å². The molecule has 8 nitrogen and oxygen atoms in total. The predicted octanol–water partition coefficient (Wildman–Crippen LogP) is 5.94. The highest BCUT2D eigenvalue weighted by molar-refractivity contribution is 6.37. The van der Waals surface area contributed by atoms with Gasteiger partial charge in [0.25, 0.3) is 5.91 Å². The first-order valence-electron chi connectivity index (χ1n) is 11.8. The molecule has 200 valence electrons. The SMILES string of the molecule is COc1ccc(N(CCCC(=O)O)C(=O)C(C)N(C(=O)c2ccc(Cl)cc2Cl)c2ccc(OC)cc2)cc1. The number of carboxylic acids is 1. The van der Waals surface area contributed by atoms with Gasteiger partial charge in [-0.2, -0.15) is 0 Å². The fourth-order valence-corrected chi connectivity index (χ4v) is 4.39. The van der Waals surface area contributed by atoms with E-state index in [4.69, 9.17) is 37.8 Å². The zero-order chi connectivity index (χ0) is 27.8. The van der Waals surface area contributed by atoms with Crippen LogP contribution < -0.4 is 19.3 Å². The van der Waals surface area contributed by atoms with Crippen LogP contribution >= 0.6 is 23.2 Å². The number of amides is 2. The van der Waals surface area contributed by atoms with Gasteiger partial charge in [-0.25, -0.2) is 0 Å². The number of benzene rings is 3. The van der Waals surface area contributed by atoms with Gasteiger partial charge in [0.1, 0.15) is 17.5 Å². The van der Waals surface area contributed by atoms with Crippen molar-refractivity contribution in [2.24, 2.45) is 0 Å². The van der Waals surface area contributed by atoms with E-state index in [0.29, 0.717) is 27.9 Å². The monoisotopic (exact) mass is 558 g/mol. The fourth-order valence-electron chi connectivity index (χ4n) is 3.91. The molecule has 0 fully saturated rings. The van der Waals surface area contributed by atoms with Crippen molar-refractivity contribution >= 4 is 52.4 Å². The maximum absolute atomic E-state index is 14.0. The maximum atomic E-state index is 14.0. The summed E-state index contributed by atoms with van der Waals surface area (Å²) in [6, 6.07) is 17.1. The minimum Gasteiger partial charge on any atom is -0.497 e. The van der Waals surface area contributed by atoms with Gasteiger partial charge in [0.2, 0.25) is 5.91 Å². The highest BCUT2D eigenvalue weighted by Crippen LogP contribution is 2.29. The number of hydrogen-bond acceptors (Lipinski definition) is 5. The largest absolute Gasteiger partial charge is 0.497 e. The van der Waals surface area contributed by atoms with Crippen molar-refractivity contribution in [2.75, 3.05) is 30.6 Å². The summed E-state index contributed by atoms with van der Waals surface area (Å²) in [7, 11) is 3.06. The van der Waals surface area contributed by atoms with Crippen molar-refractivity contribution in [3.63, 3.8) is 0 Å². The molecule has 3 aromatic rings. The number of ether oxygens (including phenoxy) is 2. The van der Waals surface area contributed by atoms with Crippen LogP contribution in [0.25, 0.3) is 0 Å². The summed E-state index contributed by atoms with van der Waals surface area (Å²) in [5, 5.41) is 9.65. The van der Waals surface area contributed by atoms with Crippen LogP contribution in [0.1, 0.15) is 30.1 Å². The molecule has 0 aliphatic heterocycles. The molecule has 0 aromatic heterocycles. The first kappa shape index (κ1) is 28.8. The number of carbonyl (C=O) groups excluding carboxylic acids is 2. The van der Waals surface area contributed by atoms with Crippen molar-refractivity contribution in [1.29, 1.82) is 0 Å². The van der Waals surface area contributed by atoms with Crippen molar-refractivity contribution in [3.8, 4) is 11.5 Å². The van der Waals surface area contributed by atoms with Crippen molar-refractivity contribution in [2.45, 2.75) is 25.8 Å². The lowest BCUT2D eigenvalue weighted by Gasteiger charge is -2.33. The van der Waals surface area contributed by atoms with Crippen LogP contribution in [-0.2, 0) is 9.59 Å². The van der Waals surface area contributed by atoms with Crippen LogP contribution in [0.4, 0.5) is 11.4 Å². The molecule has 2 amide bonds. The summed E-state index contributed by atoms with van der Waals surface area (Å²) >= 11 is 12.4. The zero-order valence-corrected chi connectivity index (χ0v) is 22.7. The van der Waals surface area contributed by atoms with E-state index in [1.165, 1.54) is 36.2 Å². The predicted molar refractivity (Wildman–Crippen MR) is 148 cm³/mol. The third-order valence-corrected chi connectivity index (χ3v) is 6.45. The highest BCUT2D eigenvalue weighted by Gasteiger charge is 2.33. The van der Waals surface area contributed by atoms with Gasteiger partial charge in [-0.15, -0.1) is 0 Å². The first-order chi connectivity index (χ1) is 18.2. The number of anilines is 2. The second-order valence-corrected chi connectivity index (χ2v) is 9.20. The minimum atomic E-state index is -0.991. The van der Waals surface area contributed by atoms with Gasteiger partial charge in [-0.1, -0.05) is 23.2 Å². The van der Waals surface area contributed by atoms with Crippen LogP contribution in [0.3, 0.4) is 0 Å². The third-order valence-electron chi connectivity index (χ3n) is 5.90. The molecular weight excluding hydrogens is 531 g/mol. The Morgan fingerprint density at radius 2 is 1.42 bits per heavy atom. The molecule has 1 atom stereocenters. The summed E-state index contributed by atoms with van der Waals surface area (Å²) in [5.41, 5.74) is 1.16. The number of rotatable bonds is 11. The molecule has 0 heterocycles. The number of nitrogens with zero attached hydrogens (tertiary/aromatic N) is 2. The Balaban J connectivity index is 2.03. The minimum absolute atomic E-state index is 0.115. The molecule has 0 saturated heterocycles. The van der Waals surface area contributed by atoms with Crippen molar-refractivity contribution in [1.82, 2.24) is 0 Å². The smallest absolute Gasteiger partial charge is 0.303 e. The molecule has 38 heavy (non-hydrogen) atoms. The van der Waals surface area contributed by atoms with Gasteiger partial charge < -0.3 is 19.5 Å². The summed E-state index contributed by atoms with van der Waals surface area (Å²) < 4.78 is 10.5. The lowest BCUT2D eigenvalue weighted by Crippen LogP contribution is -2.50. The molecule has 0 saturated carbocycles. The molecule has 0 aliphatic carbocycles. The average molecular weight is 559 g/mol. The normalized spacial score (nSPS) is 11.4. The van der Waals surface area contributed by atoms with E-state index in [1.807, 2.05) is 0 Å². The molecule has 3 rings (SSSR count). The van der Waals surface area contributed by atoms with Crippen LogP contribution in [0.2, 0.25) is 10.0 Å². The van der Waals surface area contributed by atoms with Crippen LogP contribution in [0.15, 0.2) is 66.7 Å². The summed E-state index contributed by atoms with van der Waals surface area (Å²) in [5.74, 6) is -0.689. The Kier molecular flexibility index (Phi) is 9.98. The average Bonchev–Trinajstić information content (AvgIpc) is 2.91. The number of halogens is 2. The van der Waals surface area contributed by atoms with Crippen LogP contribution in [-0.4, -0.2) is 49.7 Å². The number of carbonyl (C=O) groups is 3. The fraction of sp³-hybridized carbons (Fsp3) is 0.250. The third kappa shape index (κ3) is 6.96. The molecular formula is C28H28Cl2N2O6. The van der Waals surface area contributed by atoms with Crippen molar-refractivity contribution in [3.05, 3.63) is 82.3 Å². The maximum Gasteiger partial charge on any atom is 0.303 e. The molecule has 0 spiro atoms. The first-order valence-corrected chi connectivity index (χ1v) is 12.5. The zero-order valence-electron chi connectivity index (χ0n) is 21.2. The molecule has 0 radical (unpaired) electrons. The van der Waals surface area contributed by atoms with Crippen molar-refractivity contribution < 1.29 is 29.0 Å². The number of hydrogen-bond donors (Lipinski definition) is 1. The number of methoxy groups -OCH3 is 2. The Hall–Kier alpha value is -3.75. The summed E-state index contributed by atoms with van der Waals surface area (Å²) in [4.78, 5) is 41.8. The van der Waals surface area contributed by atoms with Crippen LogP contribution in [0, 0.1) is 0 Å². The van der Waals surface area contributed by atoms with Gasteiger partial charge in [0.05, 0.1) is 24.8 Å². The Bertz CT molecular complexity index is 1280. The Morgan fingerprint density at radius 1 is 0.868 bits per heavy atom. The molecule has 10 heteroatoms.